The molecule has 3 rings (SSSR count). The second kappa shape index (κ2) is 6.39. The highest BCUT2D eigenvalue weighted by Crippen LogP contribution is 2.31. The van der Waals surface area contributed by atoms with Gasteiger partial charge >= 0.3 is 6.09 Å². The molecule has 0 aliphatic carbocycles. The molecule has 1 atom stereocenters. The predicted molar refractivity (Wildman–Crippen MR) is 80.7 cm³/mol. The number of hydrogen-bond acceptors (Lipinski definition) is 4. The Bertz CT molecular complexity index is 657. The van der Waals surface area contributed by atoms with Crippen molar-refractivity contribution < 1.29 is 19.4 Å². The molecule has 1 heterocycles. The van der Waals surface area contributed by atoms with Crippen molar-refractivity contribution in [1.82, 2.24) is 5.32 Å². The van der Waals surface area contributed by atoms with E-state index in [1.807, 2.05) is 30.3 Å². The van der Waals surface area contributed by atoms with E-state index in [1.54, 1.807) is 18.2 Å². The minimum Gasteiger partial charge on any atom is -0.507 e. The molecule has 0 unspecified atom stereocenters. The number of alkyl carbamates (subject to hydrolysis) is 1. The summed E-state index contributed by atoms with van der Waals surface area (Å²) >= 11 is 0. The Morgan fingerprint density at radius 2 is 2.05 bits per heavy atom. The van der Waals surface area contributed by atoms with Crippen LogP contribution in [0.15, 0.2) is 48.5 Å². The van der Waals surface area contributed by atoms with Crippen LogP contribution < -0.4 is 10.1 Å². The van der Waals surface area contributed by atoms with E-state index in [-0.39, 0.29) is 11.8 Å². The second-order valence-electron chi connectivity index (χ2n) is 5.12. The summed E-state index contributed by atoms with van der Waals surface area (Å²) in [5, 5.41) is 12.8. The van der Waals surface area contributed by atoms with Crippen LogP contribution in [0.4, 0.5) is 4.79 Å². The van der Waals surface area contributed by atoms with Crippen LogP contribution >= 0.6 is 0 Å². The van der Waals surface area contributed by atoms with E-state index in [9.17, 15) is 9.90 Å². The first-order valence-corrected chi connectivity index (χ1v) is 7.15. The smallest absolute Gasteiger partial charge is 0.407 e. The maximum absolute atomic E-state index is 11.2. The number of phenolic OH excluding ortho intramolecular Hbond substituents is 1. The van der Waals surface area contributed by atoms with Gasteiger partial charge in [-0.1, -0.05) is 30.3 Å². The van der Waals surface area contributed by atoms with Crippen molar-refractivity contribution in [3.8, 4) is 11.5 Å². The lowest BCUT2D eigenvalue weighted by Crippen LogP contribution is -2.35. The first-order chi connectivity index (χ1) is 10.7. The maximum atomic E-state index is 11.2. The van der Waals surface area contributed by atoms with Gasteiger partial charge in [0.05, 0.1) is 12.6 Å². The Morgan fingerprint density at radius 1 is 1.23 bits per heavy atom. The Hall–Kier alpha value is -2.69. The van der Waals surface area contributed by atoms with Gasteiger partial charge in [0, 0.05) is 18.1 Å². The predicted octanol–water partition coefficient (Wildman–Crippen LogP) is 3.14. The summed E-state index contributed by atoms with van der Waals surface area (Å²) < 4.78 is 10.5. The summed E-state index contributed by atoms with van der Waals surface area (Å²) in [6, 6.07) is 14.7. The molecule has 2 aromatic carbocycles. The summed E-state index contributed by atoms with van der Waals surface area (Å²) in [5.41, 5.74) is 1.73. The highest BCUT2D eigenvalue weighted by molar-refractivity contribution is 5.69. The second-order valence-corrected chi connectivity index (χ2v) is 5.12. The lowest BCUT2D eigenvalue weighted by atomic mass is 10.0. The average Bonchev–Trinajstić information content (AvgIpc) is 2.54. The van der Waals surface area contributed by atoms with Gasteiger partial charge in [-0.05, 0) is 17.7 Å². The number of carbonyl (C=O) groups is 1. The van der Waals surface area contributed by atoms with Crippen molar-refractivity contribution in [2.24, 2.45) is 0 Å². The zero-order chi connectivity index (χ0) is 15.4. The number of benzene rings is 2. The lowest BCUT2D eigenvalue weighted by molar-refractivity contribution is 0.115. The van der Waals surface area contributed by atoms with E-state index < -0.39 is 6.09 Å². The standard InChI is InChI=1S/C17H17NO4/c19-16-10-13(22-11-12-4-2-1-3-5-12)6-7-14(16)15-8-9-21-17(20)18-15/h1-7,10,15,19H,8-9,11H2,(H,18,20)/t15-/m0/s1. The van der Waals surface area contributed by atoms with Crippen LogP contribution in [0.5, 0.6) is 11.5 Å². The quantitative estimate of drug-likeness (QED) is 0.910. The molecule has 1 amide bonds. The summed E-state index contributed by atoms with van der Waals surface area (Å²) in [6.45, 7) is 0.788. The maximum Gasteiger partial charge on any atom is 0.407 e. The molecule has 0 saturated carbocycles. The van der Waals surface area contributed by atoms with E-state index in [0.29, 0.717) is 30.9 Å². The third-order valence-electron chi connectivity index (χ3n) is 3.56. The van der Waals surface area contributed by atoms with Crippen LogP contribution in [-0.4, -0.2) is 17.8 Å². The lowest BCUT2D eigenvalue weighted by Gasteiger charge is -2.24. The largest absolute Gasteiger partial charge is 0.507 e. The molecule has 5 heteroatoms. The average molecular weight is 299 g/mol. The Balaban J connectivity index is 1.68. The highest BCUT2D eigenvalue weighted by atomic mass is 16.5. The van der Waals surface area contributed by atoms with E-state index in [0.717, 1.165) is 5.56 Å². The number of ether oxygens (including phenoxy) is 2. The van der Waals surface area contributed by atoms with Crippen molar-refractivity contribution in [3.63, 3.8) is 0 Å². The Labute approximate surface area is 128 Å². The highest BCUT2D eigenvalue weighted by Gasteiger charge is 2.23. The van der Waals surface area contributed by atoms with Gasteiger partial charge in [-0.2, -0.15) is 0 Å². The van der Waals surface area contributed by atoms with Gasteiger partial charge in [-0.3, -0.25) is 0 Å². The number of rotatable bonds is 4. The number of nitrogens with one attached hydrogen (secondary N) is 1. The fraction of sp³-hybridized carbons (Fsp3) is 0.235. The van der Waals surface area contributed by atoms with Gasteiger partial charge in [-0.15, -0.1) is 0 Å². The minimum atomic E-state index is -0.458. The molecule has 1 aliphatic heterocycles. The monoisotopic (exact) mass is 299 g/mol. The molecule has 114 valence electrons. The first kappa shape index (κ1) is 14.3. The number of cyclic esters (lactones) is 1. The number of hydrogen-bond donors (Lipinski definition) is 2. The van der Waals surface area contributed by atoms with Crippen molar-refractivity contribution in [1.29, 1.82) is 0 Å². The third-order valence-corrected chi connectivity index (χ3v) is 3.56. The number of aromatic hydroxyl groups is 1. The van der Waals surface area contributed by atoms with Gasteiger partial charge in [0.25, 0.3) is 0 Å². The number of carbonyl (C=O) groups excluding carboxylic acids is 1. The topological polar surface area (TPSA) is 67.8 Å². The summed E-state index contributed by atoms with van der Waals surface area (Å²) in [4.78, 5) is 11.2. The molecule has 5 nitrogen and oxygen atoms in total. The van der Waals surface area contributed by atoms with Crippen molar-refractivity contribution >= 4 is 6.09 Å². The fourth-order valence-electron chi connectivity index (χ4n) is 2.41. The van der Waals surface area contributed by atoms with Gasteiger partial charge < -0.3 is 19.9 Å². The molecule has 2 N–H and O–H groups in total. The molecular formula is C17H17NO4. The van der Waals surface area contributed by atoms with E-state index in [4.69, 9.17) is 9.47 Å². The Morgan fingerprint density at radius 3 is 2.77 bits per heavy atom. The summed E-state index contributed by atoms with van der Waals surface area (Å²) in [7, 11) is 0. The molecule has 1 aliphatic rings. The van der Waals surface area contributed by atoms with Gasteiger partial charge in [-0.25, -0.2) is 4.79 Å². The van der Waals surface area contributed by atoms with E-state index in [2.05, 4.69) is 5.32 Å². The SMILES string of the molecule is O=C1N[C@H](c2ccc(OCc3ccccc3)cc2O)CCO1. The molecule has 0 bridgehead atoms. The van der Waals surface area contributed by atoms with Crippen LogP contribution in [0.2, 0.25) is 0 Å². The fourth-order valence-corrected chi connectivity index (χ4v) is 2.41. The molecule has 1 saturated heterocycles. The molecule has 22 heavy (non-hydrogen) atoms. The molecule has 0 radical (unpaired) electrons. The zero-order valence-corrected chi connectivity index (χ0v) is 12.0. The van der Waals surface area contributed by atoms with Crippen LogP contribution in [-0.2, 0) is 11.3 Å². The minimum absolute atomic E-state index is 0.109. The van der Waals surface area contributed by atoms with Crippen LogP contribution in [0, 0.1) is 0 Å². The molecule has 1 fully saturated rings. The van der Waals surface area contributed by atoms with E-state index >= 15 is 0 Å². The summed E-state index contributed by atoms with van der Waals surface area (Å²) in [6.07, 6.45) is 0.170. The van der Waals surface area contributed by atoms with Gasteiger partial charge in [0.15, 0.2) is 0 Å². The zero-order valence-electron chi connectivity index (χ0n) is 12.0. The molecule has 2 aromatic rings. The summed E-state index contributed by atoms with van der Waals surface area (Å²) in [5.74, 6) is 0.696. The van der Waals surface area contributed by atoms with Crippen molar-refractivity contribution in [3.05, 3.63) is 59.7 Å². The van der Waals surface area contributed by atoms with Gasteiger partial charge in [0.1, 0.15) is 18.1 Å². The van der Waals surface area contributed by atoms with Crippen LogP contribution in [0.1, 0.15) is 23.6 Å². The van der Waals surface area contributed by atoms with Crippen LogP contribution in [0.3, 0.4) is 0 Å². The molecular weight excluding hydrogens is 282 g/mol. The Kier molecular flexibility index (Phi) is 4.14. The van der Waals surface area contributed by atoms with Crippen molar-refractivity contribution in [2.45, 2.75) is 19.1 Å². The third kappa shape index (κ3) is 3.31. The number of amides is 1. The van der Waals surface area contributed by atoms with E-state index in [1.165, 1.54) is 0 Å². The van der Waals surface area contributed by atoms with Crippen LogP contribution in [0.25, 0.3) is 0 Å². The van der Waals surface area contributed by atoms with Gasteiger partial charge in [0.2, 0.25) is 0 Å². The van der Waals surface area contributed by atoms with Crippen molar-refractivity contribution in [2.75, 3.05) is 6.61 Å². The normalized spacial score (nSPS) is 17.5. The number of phenols is 1. The first-order valence-electron chi connectivity index (χ1n) is 7.15. The molecule has 0 aromatic heterocycles. The molecule has 0 spiro atoms.